The Balaban J connectivity index is 0.00000200. The molecule has 2 rings (SSSR count). The summed E-state index contributed by atoms with van der Waals surface area (Å²) < 4.78 is 6.26. The first-order chi connectivity index (χ1) is 9.11. The summed E-state index contributed by atoms with van der Waals surface area (Å²) in [5.74, 6) is -1.69. The summed E-state index contributed by atoms with van der Waals surface area (Å²) in [6.45, 7) is 2.22. The Morgan fingerprint density at radius 1 is 1.50 bits per heavy atom. The van der Waals surface area contributed by atoms with Gasteiger partial charge in [-0.05, 0) is 31.3 Å². The van der Waals surface area contributed by atoms with Gasteiger partial charge >= 0.3 is 51.4 Å². The minimum absolute atomic E-state index is 0. The SMILES string of the molecule is CCOC(=S)C(CC(=O)[O-])c1nc2ccccc2s1.[K+]. The molecule has 0 saturated carbocycles. The molecule has 1 atom stereocenters. The first-order valence-electron chi connectivity index (χ1n) is 5.83. The average molecular weight is 333 g/mol. The molecule has 0 radical (unpaired) electrons. The van der Waals surface area contributed by atoms with Crippen LogP contribution in [-0.2, 0) is 9.53 Å². The second-order valence-electron chi connectivity index (χ2n) is 3.90. The predicted molar refractivity (Wildman–Crippen MR) is 76.2 cm³/mol. The van der Waals surface area contributed by atoms with Gasteiger partial charge in [-0.2, -0.15) is 0 Å². The smallest absolute Gasteiger partial charge is 0.550 e. The maximum atomic E-state index is 10.9. The number of para-hydroxylation sites is 1. The number of hydrogen-bond donors (Lipinski definition) is 0. The van der Waals surface area contributed by atoms with Crippen LogP contribution in [0.25, 0.3) is 10.2 Å². The summed E-state index contributed by atoms with van der Waals surface area (Å²) in [6.07, 6.45) is -0.210. The molecule has 1 aromatic carbocycles. The van der Waals surface area contributed by atoms with Gasteiger partial charge in [-0.1, -0.05) is 12.1 Å². The topological polar surface area (TPSA) is 62.2 Å². The molecule has 0 aliphatic carbocycles. The Bertz CT molecular complexity index is 581. The number of thiazole rings is 1. The molecule has 2 aromatic rings. The number of rotatable bonds is 5. The van der Waals surface area contributed by atoms with Crippen molar-refractivity contribution in [2.45, 2.75) is 19.3 Å². The number of nitrogens with zero attached hydrogens (tertiary/aromatic N) is 1. The van der Waals surface area contributed by atoms with E-state index in [4.69, 9.17) is 17.0 Å². The van der Waals surface area contributed by atoms with E-state index in [2.05, 4.69) is 4.98 Å². The van der Waals surface area contributed by atoms with Crippen LogP contribution in [0.3, 0.4) is 0 Å². The molecule has 0 fully saturated rings. The van der Waals surface area contributed by atoms with Gasteiger partial charge in [0.15, 0.2) is 5.05 Å². The summed E-state index contributed by atoms with van der Waals surface area (Å²) >= 11 is 6.56. The van der Waals surface area contributed by atoms with Crippen LogP contribution < -0.4 is 56.5 Å². The maximum absolute atomic E-state index is 10.9. The number of aliphatic carboxylic acids is 1. The summed E-state index contributed by atoms with van der Waals surface area (Å²) in [5.41, 5.74) is 0.838. The van der Waals surface area contributed by atoms with Gasteiger partial charge in [-0.15, -0.1) is 11.3 Å². The molecule has 7 heteroatoms. The first-order valence-corrected chi connectivity index (χ1v) is 7.06. The average Bonchev–Trinajstić information content (AvgIpc) is 2.79. The molecule has 1 aromatic heterocycles. The van der Waals surface area contributed by atoms with Crippen molar-refractivity contribution < 1.29 is 66.0 Å². The zero-order valence-corrected chi connectivity index (χ0v) is 16.0. The van der Waals surface area contributed by atoms with Crippen molar-refractivity contribution in [3.8, 4) is 0 Å². The molecule has 0 N–H and O–H groups in total. The number of hydrogen-bond acceptors (Lipinski definition) is 6. The van der Waals surface area contributed by atoms with E-state index in [9.17, 15) is 9.90 Å². The molecule has 1 heterocycles. The molecule has 0 amide bonds. The van der Waals surface area contributed by atoms with E-state index in [0.29, 0.717) is 11.6 Å². The van der Waals surface area contributed by atoms with Crippen LogP contribution in [0, 0.1) is 0 Å². The molecule has 100 valence electrons. The molecule has 0 spiro atoms. The fraction of sp³-hybridized carbons (Fsp3) is 0.308. The van der Waals surface area contributed by atoms with Crippen LogP contribution in [0.1, 0.15) is 24.3 Å². The van der Waals surface area contributed by atoms with Gasteiger partial charge in [0, 0.05) is 12.4 Å². The van der Waals surface area contributed by atoms with Gasteiger partial charge in [0.1, 0.15) is 5.01 Å². The van der Waals surface area contributed by atoms with Crippen molar-refractivity contribution in [1.29, 1.82) is 0 Å². The van der Waals surface area contributed by atoms with Crippen LogP contribution in [0.2, 0.25) is 0 Å². The van der Waals surface area contributed by atoms with Crippen molar-refractivity contribution in [3.63, 3.8) is 0 Å². The van der Waals surface area contributed by atoms with Gasteiger partial charge in [-0.3, -0.25) is 0 Å². The van der Waals surface area contributed by atoms with Crippen LogP contribution in [-0.4, -0.2) is 22.6 Å². The zero-order valence-electron chi connectivity index (χ0n) is 11.3. The predicted octanol–water partition coefficient (Wildman–Crippen LogP) is -1.11. The summed E-state index contributed by atoms with van der Waals surface area (Å²) in [6, 6.07) is 7.63. The van der Waals surface area contributed by atoms with Crippen molar-refractivity contribution in [2.75, 3.05) is 6.61 Å². The Morgan fingerprint density at radius 3 is 2.80 bits per heavy atom. The van der Waals surface area contributed by atoms with E-state index in [0.717, 1.165) is 10.2 Å². The first kappa shape index (κ1) is 18.2. The van der Waals surface area contributed by atoms with Crippen LogP contribution >= 0.6 is 23.6 Å². The Kier molecular flexibility index (Phi) is 7.74. The van der Waals surface area contributed by atoms with Gasteiger partial charge in [0.2, 0.25) is 0 Å². The third-order valence-electron chi connectivity index (χ3n) is 2.55. The summed E-state index contributed by atoms with van der Waals surface area (Å²) in [5, 5.41) is 11.8. The monoisotopic (exact) mass is 333 g/mol. The molecular formula is C13H12KNO3S2. The molecule has 0 aliphatic rings. The van der Waals surface area contributed by atoms with Crippen LogP contribution in [0.15, 0.2) is 24.3 Å². The Morgan fingerprint density at radius 2 is 2.20 bits per heavy atom. The molecular weight excluding hydrogens is 321 g/mol. The number of carboxylic acids is 1. The van der Waals surface area contributed by atoms with E-state index in [1.165, 1.54) is 11.3 Å². The number of fused-ring (bicyclic) bond motifs is 1. The fourth-order valence-electron chi connectivity index (χ4n) is 1.72. The van der Waals surface area contributed by atoms with Crippen molar-refractivity contribution >= 4 is 44.8 Å². The zero-order chi connectivity index (χ0) is 13.8. The number of carbonyl (C=O) groups is 1. The summed E-state index contributed by atoms with van der Waals surface area (Å²) in [4.78, 5) is 15.3. The fourth-order valence-corrected chi connectivity index (χ4v) is 3.17. The number of ether oxygens (including phenoxy) is 1. The molecule has 0 bridgehead atoms. The molecule has 20 heavy (non-hydrogen) atoms. The van der Waals surface area contributed by atoms with Crippen molar-refractivity contribution in [1.82, 2.24) is 4.98 Å². The van der Waals surface area contributed by atoms with E-state index in [1.54, 1.807) is 6.92 Å². The second-order valence-corrected chi connectivity index (χ2v) is 5.37. The van der Waals surface area contributed by atoms with Gasteiger partial charge in [-0.25, -0.2) is 4.98 Å². The number of benzene rings is 1. The summed E-state index contributed by atoms with van der Waals surface area (Å²) in [7, 11) is 0. The normalized spacial score (nSPS) is 11.7. The quantitative estimate of drug-likeness (QED) is 0.513. The Hall–Kier alpha value is 0.106. The minimum Gasteiger partial charge on any atom is -0.550 e. The second kappa shape index (κ2) is 8.53. The number of carbonyl (C=O) groups excluding carboxylic acids is 1. The molecule has 0 saturated heterocycles. The molecule has 1 unspecified atom stereocenters. The van der Waals surface area contributed by atoms with Gasteiger partial charge in [0.25, 0.3) is 0 Å². The Labute approximate surface area is 169 Å². The van der Waals surface area contributed by atoms with Gasteiger partial charge < -0.3 is 14.6 Å². The molecule has 4 nitrogen and oxygen atoms in total. The van der Waals surface area contributed by atoms with Crippen molar-refractivity contribution in [2.24, 2.45) is 0 Å². The molecule has 0 aliphatic heterocycles. The van der Waals surface area contributed by atoms with Crippen molar-refractivity contribution in [3.05, 3.63) is 29.3 Å². The third kappa shape index (κ3) is 4.55. The van der Waals surface area contributed by atoms with E-state index in [-0.39, 0.29) is 62.9 Å². The minimum atomic E-state index is -1.16. The van der Waals surface area contributed by atoms with E-state index >= 15 is 0 Å². The van der Waals surface area contributed by atoms with Crippen LogP contribution in [0.4, 0.5) is 0 Å². The number of carboxylic acid groups (broad SMARTS) is 1. The van der Waals surface area contributed by atoms with Crippen LogP contribution in [0.5, 0.6) is 0 Å². The van der Waals surface area contributed by atoms with E-state index in [1.807, 2.05) is 24.3 Å². The standard InChI is InChI=1S/C13H13NO3S2.K/c1-2-17-13(18)8(7-11(15)16)12-14-9-5-3-4-6-10(9)19-12;/h3-6,8H,2,7H2,1H3,(H,15,16);/q;+1/p-1. The largest absolute Gasteiger partial charge is 1.00 e. The third-order valence-corrected chi connectivity index (χ3v) is 4.10. The number of aromatic nitrogens is 1. The maximum Gasteiger partial charge on any atom is 1.00 e. The number of thiocarbonyl (C=S) groups is 1. The van der Waals surface area contributed by atoms with Gasteiger partial charge in [0.05, 0.1) is 22.7 Å². The van der Waals surface area contributed by atoms with E-state index < -0.39 is 11.9 Å².